The van der Waals surface area contributed by atoms with Gasteiger partial charge in [-0.2, -0.15) is 0 Å². The van der Waals surface area contributed by atoms with Crippen LogP contribution in [0.5, 0.6) is 0 Å². The topological polar surface area (TPSA) is 112 Å². The largest absolute Gasteiger partial charge is 0.477 e. The maximum Gasteiger partial charge on any atom is 0.363 e. The summed E-state index contributed by atoms with van der Waals surface area (Å²) in [6.07, 6.45) is 32.9. The van der Waals surface area contributed by atoms with E-state index in [0.717, 1.165) is 19.3 Å². The van der Waals surface area contributed by atoms with E-state index in [2.05, 4.69) is 6.92 Å². The maximum atomic E-state index is 12.6. The molecule has 0 heterocycles. The summed E-state index contributed by atoms with van der Waals surface area (Å²) in [6, 6.07) is -3.38. The van der Waals surface area contributed by atoms with Crippen molar-refractivity contribution in [2.75, 3.05) is 0 Å². The normalized spacial score (nSPS) is 15.0. The monoisotopic (exact) mass is 653 g/mol. The Bertz CT molecular complexity index is 738. The molecule has 0 aliphatic carbocycles. The summed E-state index contributed by atoms with van der Waals surface area (Å²) in [5.41, 5.74) is 0. The minimum atomic E-state index is -1.13. The number of carboxylic acids is 3. The molecule has 0 aliphatic rings. The van der Waals surface area contributed by atoms with Crippen molar-refractivity contribution in [3.63, 3.8) is 0 Å². The summed E-state index contributed by atoms with van der Waals surface area (Å²) >= 11 is 0. The second kappa shape index (κ2) is 29.3. The number of hydrogen-bond acceptors (Lipinski definition) is 3. The first-order chi connectivity index (χ1) is 22.2. The fourth-order valence-corrected chi connectivity index (χ4v) is 7.17. The van der Waals surface area contributed by atoms with Crippen molar-refractivity contribution in [2.24, 2.45) is 0 Å². The second-order valence-corrected chi connectivity index (χ2v) is 13.7. The number of carboxylic acid groups (broad SMARTS) is 3. The number of allylic oxidation sites excluding steroid dienone is 1. The number of quaternary nitrogens is 1. The lowest BCUT2D eigenvalue weighted by molar-refractivity contribution is -0.928. The van der Waals surface area contributed by atoms with Crippen molar-refractivity contribution in [3.8, 4) is 0 Å². The summed E-state index contributed by atoms with van der Waals surface area (Å²) in [4.78, 5) is 37.8. The van der Waals surface area contributed by atoms with Gasteiger partial charge in [-0.3, -0.25) is 4.48 Å². The molecule has 3 atom stereocenters. The zero-order chi connectivity index (χ0) is 34.5. The highest BCUT2D eigenvalue weighted by atomic mass is 16.4. The van der Waals surface area contributed by atoms with Crippen LogP contribution in [0.1, 0.15) is 201 Å². The van der Waals surface area contributed by atoms with Crippen molar-refractivity contribution in [1.29, 1.82) is 0 Å². The lowest BCUT2D eigenvalue weighted by Crippen LogP contribution is -2.69. The molecule has 7 nitrogen and oxygen atoms in total. The lowest BCUT2D eigenvalue weighted by atomic mass is 9.93. The Hall–Kier alpha value is -1.89. The third-order valence-corrected chi connectivity index (χ3v) is 9.75. The molecule has 0 aromatic carbocycles. The number of rotatable bonds is 34. The van der Waals surface area contributed by atoms with Crippen LogP contribution in [0.2, 0.25) is 0 Å². The molecule has 0 spiro atoms. The second-order valence-electron chi connectivity index (χ2n) is 13.7. The van der Waals surface area contributed by atoms with Gasteiger partial charge in [-0.25, -0.2) is 14.4 Å². The number of hydrogen-bond donors (Lipinski definition) is 3. The fourth-order valence-electron chi connectivity index (χ4n) is 7.17. The predicted molar refractivity (Wildman–Crippen MR) is 191 cm³/mol. The molecule has 0 fully saturated rings. The van der Waals surface area contributed by atoms with Gasteiger partial charge < -0.3 is 15.3 Å². The van der Waals surface area contributed by atoms with E-state index in [1.54, 1.807) is 6.20 Å². The molecule has 46 heavy (non-hydrogen) atoms. The molecule has 0 bridgehead atoms. The molecule has 0 saturated carbocycles. The first-order valence-corrected chi connectivity index (χ1v) is 19.5. The standard InChI is InChI=1S/C39H73NO6/c1-5-9-10-11-12-13-14-15-16-17-18-19-20-21-22-23-24-25-26-27-28-29-33-40(34(30-6-2)37(41)42,35(31-7-3)38(43)44)36(32-8-4)39(45)46/h29,33-36H,5-28,30-32H2,1-4H3,(H2-,41,42,43,44,45,46)/p+1/b33-29+. The average molecular weight is 653 g/mol. The molecule has 0 aliphatic heterocycles. The first kappa shape index (κ1) is 44.1. The van der Waals surface area contributed by atoms with Gasteiger partial charge in [0, 0.05) is 19.3 Å². The van der Waals surface area contributed by atoms with Crippen LogP contribution in [0.15, 0.2) is 12.3 Å². The van der Waals surface area contributed by atoms with E-state index in [0.29, 0.717) is 25.7 Å². The summed E-state index contributed by atoms with van der Waals surface area (Å²) in [5, 5.41) is 30.8. The van der Waals surface area contributed by atoms with Gasteiger partial charge in [0.25, 0.3) is 0 Å². The van der Waals surface area contributed by atoms with Gasteiger partial charge in [0.05, 0.1) is 6.20 Å². The summed E-state index contributed by atoms with van der Waals surface area (Å²) in [6.45, 7) is 7.85. The quantitative estimate of drug-likeness (QED) is 0.0471. The van der Waals surface area contributed by atoms with Crippen LogP contribution in [-0.4, -0.2) is 55.8 Å². The molecule has 0 saturated heterocycles. The zero-order valence-electron chi connectivity index (χ0n) is 30.5. The first-order valence-electron chi connectivity index (χ1n) is 19.5. The summed E-state index contributed by atoms with van der Waals surface area (Å²) < 4.78 is -0.547. The lowest BCUT2D eigenvalue weighted by Gasteiger charge is -2.47. The molecule has 270 valence electrons. The predicted octanol–water partition coefficient (Wildman–Crippen LogP) is 11.3. The molecule has 0 aromatic heterocycles. The third kappa shape index (κ3) is 18.4. The van der Waals surface area contributed by atoms with Crippen LogP contribution in [0.4, 0.5) is 0 Å². The van der Waals surface area contributed by atoms with E-state index in [1.807, 2.05) is 26.8 Å². The van der Waals surface area contributed by atoms with Crippen LogP contribution in [0, 0.1) is 0 Å². The van der Waals surface area contributed by atoms with Gasteiger partial charge in [0.2, 0.25) is 0 Å². The molecule has 3 N–H and O–H groups in total. The molecule has 0 radical (unpaired) electrons. The molecular formula is C39H74NO6+. The van der Waals surface area contributed by atoms with E-state index in [9.17, 15) is 29.7 Å². The minimum absolute atomic E-state index is 0.222. The van der Waals surface area contributed by atoms with E-state index >= 15 is 0 Å². The highest BCUT2D eigenvalue weighted by Crippen LogP contribution is 2.34. The van der Waals surface area contributed by atoms with E-state index < -0.39 is 40.5 Å². The highest BCUT2D eigenvalue weighted by Gasteiger charge is 2.56. The van der Waals surface area contributed by atoms with E-state index in [1.165, 1.54) is 109 Å². The highest BCUT2D eigenvalue weighted by molar-refractivity contribution is 5.78. The van der Waals surface area contributed by atoms with Crippen molar-refractivity contribution in [1.82, 2.24) is 0 Å². The Kier molecular flexibility index (Phi) is 28.1. The fraction of sp³-hybridized carbons (Fsp3) is 0.872. The van der Waals surface area contributed by atoms with Gasteiger partial charge in [-0.05, 0) is 38.2 Å². The molecule has 0 rings (SSSR count). The summed E-state index contributed by atoms with van der Waals surface area (Å²) in [7, 11) is 0. The smallest absolute Gasteiger partial charge is 0.363 e. The molecule has 3 unspecified atom stereocenters. The van der Waals surface area contributed by atoms with Crippen LogP contribution >= 0.6 is 0 Å². The molecular weight excluding hydrogens is 578 g/mol. The Balaban J connectivity index is 4.65. The number of carbonyl (C=O) groups is 3. The van der Waals surface area contributed by atoms with Gasteiger partial charge in [-0.1, -0.05) is 150 Å². The van der Waals surface area contributed by atoms with Gasteiger partial charge in [0.1, 0.15) is 0 Å². The molecule has 7 heteroatoms. The van der Waals surface area contributed by atoms with Crippen LogP contribution in [0.3, 0.4) is 0 Å². The Morgan fingerprint density at radius 3 is 0.935 bits per heavy atom. The number of nitrogens with zero attached hydrogens (tertiary/aromatic N) is 1. The Labute approximate surface area is 283 Å². The molecule has 0 aromatic rings. The Morgan fingerprint density at radius 2 is 0.696 bits per heavy atom. The number of aliphatic carboxylic acids is 3. The van der Waals surface area contributed by atoms with E-state index in [-0.39, 0.29) is 19.3 Å². The third-order valence-electron chi connectivity index (χ3n) is 9.75. The van der Waals surface area contributed by atoms with Gasteiger partial charge in [-0.15, -0.1) is 0 Å². The summed E-state index contributed by atoms with van der Waals surface area (Å²) in [5.74, 6) is -3.39. The maximum absolute atomic E-state index is 12.6. The van der Waals surface area contributed by atoms with Crippen molar-refractivity contribution < 1.29 is 34.2 Å². The van der Waals surface area contributed by atoms with Crippen LogP contribution < -0.4 is 0 Å². The van der Waals surface area contributed by atoms with Crippen LogP contribution in [0.25, 0.3) is 0 Å². The van der Waals surface area contributed by atoms with Crippen molar-refractivity contribution in [3.05, 3.63) is 12.3 Å². The van der Waals surface area contributed by atoms with Crippen LogP contribution in [-0.2, 0) is 14.4 Å². The molecule has 0 amide bonds. The van der Waals surface area contributed by atoms with Crippen molar-refractivity contribution in [2.45, 2.75) is 219 Å². The SMILES string of the molecule is CCCCCCCCCCCCCCCCCCCCCC/C=C/[N+](C(CCC)C(=O)O)(C(CCC)C(=O)O)C(CCC)C(=O)O. The van der Waals surface area contributed by atoms with Gasteiger partial charge >= 0.3 is 17.9 Å². The minimum Gasteiger partial charge on any atom is -0.477 e. The zero-order valence-corrected chi connectivity index (χ0v) is 30.5. The van der Waals surface area contributed by atoms with Gasteiger partial charge in [0.15, 0.2) is 18.1 Å². The van der Waals surface area contributed by atoms with Crippen molar-refractivity contribution >= 4 is 17.9 Å². The van der Waals surface area contributed by atoms with E-state index in [4.69, 9.17) is 0 Å². The average Bonchev–Trinajstić information content (AvgIpc) is 3.02. The Morgan fingerprint density at radius 1 is 0.435 bits per heavy atom. The number of unbranched alkanes of at least 4 members (excludes halogenated alkanes) is 20.